The molecule has 22 heavy (non-hydrogen) atoms. The van der Waals surface area contributed by atoms with Crippen LogP contribution in [-0.4, -0.2) is 30.3 Å². The summed E-state index contributed by atoms with van der Waals surface area (Å²) < 4.78 is 43.7. The Morgan fingerprint density at radius 1 is 1.45 bits per heavy atom. The number of nitrogens with one attached hydrogen (secondary N) is 1. The molecular weight excluding hydrogens is 301 g/mol. The predicted octanol–water partition coefficient (Wildman–Crippen LogP) is 2.22. The summed E-state index contributed by atoms with van der Waals surface area (Å²) in [5, 5.41) is 20.9. The fourth-order valence-corrected chi connectivity index (χ4v) is 2.00. The second kappa shape index (κ2) is 6.66. The van der Waals surface area contributed by atoms with Gasteiger partial charge in [-0.1, -0.05) is 0 Å². The van der Waals surface area contributed by atoms with Crippen molar-refractivity contribution in [2.75, 3.05) is 12.4 Å². The quantitative estimate of drug-likeness (QED) is 0.832. The van der Waals surface area contributed by atoms with Gasteiger partial charge in [0, 0.05) is 5.69 Å². The van der Waals surface area contributed by atoms with Gasteiger partial charge in [0.05, 0.1) is 30.4 Å². The van der Waals surface area contributed by atoms with Crippen LogP contribution in [0.4, 0.5) is 18.9 Å². The molecule has 5 nitrogen and oxygen atoms in total. The van der Waals surface area contributed by atoms with Crippen LogP contribution in [0.15, 0.2) is 12.1 Å². The molecule has 0 fully saturated rings. The van der Waals surface area contributed by atoms with Gasteiger partial charge < -0.3 is 15.2 Å². The first-order chi connectivity index (χ1) is 10.1. The first-order valence-corrected chi connectivity index (χ1v) is 6.26. The molecule has 120 valence electrons. The van der Waals surface area contributed by atoms with Gasteiger partial charge in [-0.25, -0.2) is 4.79 Å². The van der Waals surface area contributed by atoms with E-state index in [1.807, 2.05) is 0 Å². The summed E-state index contributed by atoms with van der Waals surface area (Å²) in [5.41, 5.74) is -1.83. The number of carbonyl (C=O) groups is 1. The van der Waals surface area contributed by atoms with E-state index < -0.39 is 35.4 Å². The Morgan fingerprint density at radius 3 is 2.45 bits per heavy atom. The number of hydrogen-bond donors (Lipinski definition) is 2. The number of halogens is 3. The minimum absolute atomic E-state index is 0.0115. The average Bonchev–Trinajstić information content (AvgIpc) is 2.42. The van der Waals surface area contributed by atoms with Crippen molar-refractivity contribution in [3.05, 3.63) is 28.8 Å². The van der Waals surface area contributed by atoms with Crippen LogP contribution in [0.25, 0.3) is 0 Å². The third-order valence-corrected chi connectivity index (χ3v) is 3.12. The maximum Gasteiger partial charge on any atom is 0.418 e. The van der Waals surface area contributed by atoms with E-state index in [2.05, 4.69) is 10.1 Å². The summed E-state index contributed by atoms with van der Waals surface area (Å²) in [6, 6.07) is 2.53. The lowest BCUT2D eigenvalue weighted by Crippen LogP contribution is -2.40. The first-order valence-electron chi connectivity index (χ1n) is 6.26. The molecule has 0 bridgehead atoms. The third-order valence-electron chi connectivity index (χ3n) is 3.12. The van der Waals surface area contributed by atoms with E-state index in [0.29, 0.717) is 0 Å². The Hall–Kier alpha value is -2.27. The van der Waals surface area contributed by atoms with Crippen LogP contribution in [0.3, 0.4) is 0 Å². The Balaban J connectivity index is 3.33. The van der Waals surface area contributed by atoms with Gasteiger partial charge in [-0.2, -0.15) is 18.4 Å². The Bertz CT molecular complexity index is 607. The predicted molar refractivity (Wildman–Crippen MR) is 72.0 cm³/mol. The van der Waals surface area contributed by atoms with E-state index in [-0.39, 0.29) is 11.3 Å². The molecule has 0 aliphatic carbocycles. The number of anilines is 1. The van der Waals surface area contributed by atoms with Crippen LogP contribution in [-0.2, 0) is 15.7 Å². The Kier molecular flexibility index (Phi) is 5.38. The van der Waals surface area contributed by atoms with E-state index in [9.17, 15) is 23.1 Å². The SMILES string of the molecule is COC(=O)C(Nc1ccc(C#N)c(C(F)(F)F)c1C)C(C)O. The number of alkyl halides is 3. The zero-order valence-corrected chi connectivity index (χ0v) is 12.2. The molecule has 1 aromatic carbocycles. The number of hydrogen-bond acceptors (Lipinski definition) is 5. The van der Waals surface area contributed by atoms with Gasteiger partial charge in [0.15, 0.2) is 6.04 Å². The third kappa shape index (κ3) is 3.68. The summed E-state index contributed by atoms with van der Waals surface area (Å²) in [6.45, 7) is 2.49. The van der Waals surface area contributed by atoms with Crippen molar-refractivity contribution < 1.29 is 27.8 Å². The fourth-order valence-electron chi connectivity index (χ4n) is 2.00. The molecular formula is C14H15F3N2O3. The van der Waals surface area contributed by atoms with Crippen LogP contribution in [0.5, 0.6) is 0 Å². The average molecular weight is 316 g/mol. The minimum Gasteiger partial charge on any atom is -0.467 e. The Labute approximate surface area is 125 Å². The minimum atomic E-state index is -4.71. The normalized spacial score (nSPS) is 13.9. The largest absolute Gasteiger partial charge is 0.467 e. The fraction of sp³-hybridized carbons (Fsp3) is 0.429. The molecule has 2 N–H and O–H groups in total. The highest BCUT2D eigenvalue weighted by Gasteiger charge is 2.37. The standard InChI is InChI=1S/C14H15F3N2O3/c1-7-10(19-12(8(2)20)13(21)22-3)5-4-9(6-18)11(7)14(15,16)17/h4-5,8,12,19-20H,1-3H3. The zero-order chi connectivity index (χ0) is 17.1. The monoisotopic (exact) mass is 316 g/mol. The number of ether oxygens (including phenoxy) is 1. The number of benzene rings is 1. The van der Waals surface area contributed by atoms with E-state index in [1.54, 1.807) is 0 Å². The lowest BCUT2D eigenvalue weighted by atomic mass is 9.99. The van der Waals surface area contributed by atoms with Gasteiger partial charge in [-0.3, -0.25) is 0 Å². The number of methoxy groups -OCH3 is 1. The number of nitrogens with zero attached hydrogens (tertiary/aromatic N) is 1. The lowest BCUT2D eigenvalue weighted by molar-refractivity contribution is -0.143. The molecule has 0 amide bonds. The molecule has 1 rings (SSSR count). The molecule has 1 aromatic rings. The maximum atomic E-state index is 13.1. The van der Waals surface area contributed by atoms with Crippen molar-refractivity contribution in [3.63, 3.8) is 0 Å². The second-order valence-electron chi connectivity index (χ2n) is 4.66. The zero-order valence-electron chi connectivity index (χ0n) is 12.2. The van der Waals surface area contributed by atoms with Gasteiger partial charge >= 0.3 is 12.1 Å². The Morgan fingerprint density at radius 2 is 2.05 bits per heavy atom. The number of carbonyl (C=O) groups excluding carboxylic acids is 1. The van der Waals surface area contributed by atoms with Crippen molar-refractivity contribution in [2.45, 2.75) is 32.2 Å². The smallest absolute Gasteiger partial charge is 0.418 e. The van der Waals surface area contributed by atoms with Crippen molar-refractivity contribution in [1.82, 2.24) is 0 Å². The molecule has 0 saturated carbocycles. The van der Waals surface area contributed by atoms with Crippen LogP contribution in [0, 0.1) is 18.3 Å². The molecule has 0 aromatic heterocycles. The molecule has 0 saturated heterocycles. The molecule has 2 atom stereocenters. The molecule has 0 spiro atoms. The van der Waals surface area contributed by atoms with Gasteiger partial charge in [0.25, 0.3) is 0 Å². The van der Waals surface area contributed by atoms with E-state index in [4.69, 9.17) is 5.26 Å². The molecule has 0 heterocycles. The molecule has 8 heteroatoms. The van der Waals surface area contributed by atoms with Crippen molar-refractivity contribution in [3.8, 4) is 6.07 Å². The number of esters is 1. The molecule has 2 unspecified atom stereocenters. The highest BCUT2D eigenvalue weighted by Crippen LogP contribution is 2.37. The summed E-state index contributed by atoms with van der Waals surface area (Å²) in [4.78, 5) is 11.6. The van der Waals surface area contributed by atoms with Gasteiger partial charge in [-0.05, 0) is 31.5 Å². The summed E-state index contributed by atoms with van der Waals surface area (Å²) in [6.07, 6.45) is -5.89. The number of aliphatic hydroxyl groups excluding tert-OH is 1. The number of rotatable bonds is 4. The highest BCUT2D eigenvalue weighted by atomic mass is 19.4. The molecule has 0 aliphatic heterocycles. The number of aliphatic hydroxyl groups is 1. The van der Waals surface area contributed by atoms with E-state index >= 15 is 0 Å². The topological polar surface area (TPSA) is 82.3 Å². The summed E-state index contributed by atoms with van der Waals surface area (Å²) in [5.74, 6) is -0.813. The molecule has 0 radical (unpaired) electrons. The van der Waals surface area contributed by atoms with Crippen molar-refractivity contribution in [1.29, 1.82) is 5.26 Å². The van der Waals surface area contributed by atoms with Crippen LogP contribution < -0.4 is 5.32 Å². The van der Waals surface area contributed by atoms with Crippen LogP contribution in [0.2, 0.25) is 0 Å². The van der Waals surface area contributed by atoms with Crippen molar-refractivity contribution >= 4 is 11.7 Å². The van der Waals surface area contributed by atoms with Gasteiger partial charge in [-0.15, -0.1) is 0 Å². The van der Waals surface area contributed by atoms with Crippen LogP contribution >= 0.6 is 0 Å². The summed E-state index contributed by atoms with van der Waals surface area (Å²) >= 11 is 0. The first kappa shape index (κ1) is 17.8. The number of nitriles is 1. The van der Waals surface area contributed by atoms with Gasteiger partial charge in [0.2, 0.25) is 0 Å². The maximum absolute atomic E-state index is 13.1. The second-order valence-corrected chi connectivity index (χ2v) is 4.66. The van der Waals surface area contributed by atoms with Crippen LogP contribution in [0.1, 0.15) is 23.6 Å². The van der Waals surface area contributed by atoms with Crippen molar-refractivity contribution in [2.24, 2.45) is 0 Å². The highest BCUT2D eigenvalue weighted by molar-refractivity contribution is 5.80. The summed E-state index contributed by atoms with van der Waals surface area (Å²) in [7, 11) is 1.10. The van der Waals surface area contributed by atoms with Gasteiger partial charge in [0.1, 0.15) is 0 Å². The van der Waals surface area contributed by atoms with E-state index in [0.717, 1.165) is 13.2 Å². The molecule has 0 aliphatic rings. The van der Waals surface area contributed by atoms with E-state index in [1.165, 1.54) is 26.0 Å². The lowest BCUT2D eigenvalue weighted by Gasteiger charge is -2.23.